The van der Waals surface area contributed by atoms with Gasteiger partial charge in [0.15, 0.2) is 0 Å². The molecule has 0 aliphatic carbocycles. The molecule has 2 aromatic carbocycles. The first-order chi connectivity index (χ1) is 15.5. The first-order valence-electron chi connectivity index (χ1n) is 11.0. The lowest BCUT2D eigenvalue weighted by Crippen LogP contribution is -2.38. The summed E-state index contributed by atoms with van der Waals surface area (Å²) in [5.41, 5.74) is 3.71. The summed E-state index contributed by atoms with van der Waals surface area (Å²) in [7, 11) is -0.669. The molecule has 33 heavy (non-hydrogen) atoms. The van der Waals surface area contributed by atoms with E-state index in [0.717, 1.165) is 34.0 Å². The minimum atomic E-state index is -3.61. The molecule has 2 amide bonds. The molecule has 0 bridgehead atoms. The third-order valence-electron chi connectivity index (χ3n) is 5.61. The SMILES string of the molecule is Cc1ccc(S(=O)(=O)N(C)C)cc1NC(=O)CN1CCCc2c(C(=O)NC(C)C)cccc21. The number of carbonyl (C=O) groups is 2. The molecule has 0 atom stereocenters. The highest BCUT2D eigenvalue weighted by atomic mass is 32.2. The maximum atomic E-state index is 12.9. The highest BCUT2D eigenvalue weighted by molar-refractivity contribution is 7.89. The van der Waals surface area contributed by atoms with Gasteiger partial charge in [0.05, 0.1) is 11.4 Å². The van der Waals surface area contributed by atoms with Crippen molar-refractivity contribution in [1.82, 2.24) is 9.62 Å². The van der Waals surface area contributed by atoms with Crippen molar-refractivity contribution in [2.45, 2.75) is 44.6 Å². The summed E-state index contributed by atoms with van der Waals surface area (Å²) in [6.07, 6.45) is 1.61. The number of nitrogens with zero attached hydrogens (tertiary/aromatic N) is 2. The number of aryl methyl sites for hydroxylation is 1. The van der Waals surface area contributed by atoms with Gasteiger partial charge in [-0.15, -0.1) is 0 Å². The van der Waals surface area contributed by atoms with Gasteiger partial charge in [0, 0.05) is 43.6 Å². The van der Waals surface area contributed by atoms with Gasteiger partial charge in [-0.05, 0) is 69.0 Å². The van der Waals surface area contributed by atoms with Crippen molar-refractivity contribution in [2.24, 2.45) is 0 Å². The maximum Gasteiger partial charge on any atom is 0.251 e. The summed E-state index contributed by atoms with van der Waals surface area (Å²) in [6.45, 7) is 6.46. The molecule has 0 radical (unpaired) electrons. The normalized spacial score (nSPS) is 13.7. The minimum Gasteiger partial charge on any atom is -0.362 e. The van der Waals surface area contributed by atoms with Crippen LogP contribution in [0.25, 0.3) is 0 Å². The Balaban J connectivity index is 1.80. The van der Waals surface area contributed by atoms with Crippen LogP contribution in [-0.2, 0) is 21.2 Å². The van der Waals surface area contributed by atoms with E-state index in [9.17, 15) is 18.0 Å². The van der Waals surface area contributed by atoms with Gasteiger partial charge < -0.3 is 15.5 Å². The summed E-state index contributed by atoms with van der Waals surface area (Å²) in [4.78, 5) is 27.6. The van der Waals surface area contributed by atoms with Gasteiger partial charge in [-0.2, -0.15) is 0 Å². The first kappa shape index (κ1) is 24.7. The van der Waals surface area contributed by atoms with Crippen LogP contribution in [0.15, 0.2) is 41.3 Å². The second kappa shape index (κ2) is 9.93. The molecule has 9 heteroatoms. The number of fused-ring (bicyclic) bond motifs is 1. The van der Waals surface area contributed by atoms with E-state index in [1.165, 1.54) is 26.2 Å². The van der Waals surface area contributed by atoms with Crippen molar-refractivity contribution >= 4 is 33.2 Å². The Morgan fingerprint density at radius 1 is 1.15 bits per heavy atom. The van der Waals surface area contributed by atoms with Crippen molar-refractivity contribution in [3.05, 3.63) is 53.1 Å². The lowest BCUT2D eigenvalue weighted by Gasteiger charge is -2.32. The molecule has 0 spiro atoms. The molecule has 2 aromatic rings. The van der Waals surface area contributed by atoms with Crippen molar-refractivity contribution < 1.29 is 18.0 Å². The zero-order valence-corrected chi connectivity index (χ0v) is 20.6. The molecule has 1 heterocycles. The van der Waals surface area contributed by atoms with E-state index in [2.05, 4.69) is 10.6 Å². The number of sulfonamides is 1. The van der Waals surface area contributed by atoms with Gasteiger partial charge in [0.25, 0.3) is 5.91 Å². The monoisotopic (exact) mass is 472 g/mol. The predicted molar refractivity (Wildman–Crippen MR) is 130 cm³/mol. The van der Waals surface area contributed by atoms with E-state index in [-0.39, 0.29) is 29.3 Å². The van der Waals surface area contributed by atoms with E-state index >= 15 is 0 Å². The largest absolute Gasteiger partial charge is 0.362 e. The van der Waals surface area contributed by atoms with Gasteiger partial charge in [0.2, 0.25) is 15.9 Å². The minimum absolute atomic E-state index is 0.0362. The third-order valence-corrected chi connectivity index (χ3v) is 7.42. The van der Waals surface area contributed by atoms with E-state index in [4.69, 9.17) is 0 Å². The molecule has 8 nitrogen and oxygen atoms in total. The Labute approximate surface area is 196 Å². The molecule has 1 aliphatic rings. The maximum absolute atomic E-state index is 12.9. The Bertz CT molecular complexity index is 1160. The molecule has 0 unspecified atom stereocenters. The van der Waals surface area contributed by atoms with Crippen LogP contribution >= 0.6 is 0 Å². The van der Waals surface area contributed by atoms with Crippen LogP contribution in [-0.4, -0.2) is 57.8 Å². The average molecular weight is 473 g/mol. The van der Waals surface area contributed by atoms with Crippen LogP contribution in [0, 0.1) is 6.92 Å². The van der Waals surface area contributed by atoms with Crippen molar-refractivity contribution in [3.8, 4) is 0 Å². The molecule has 0 fully saturated rings. The van der Waals surface area contributed by atoms with Crippen LogP contribution in [0.1, 0.15) is 41.8 Å². The third kappa shape index (κ3) is 5.54. The van der Waals surface area contributed by atoms with Gasteiger partial charge >= 0.3 is 0 Å². The molecular formula is C24H32N4O4S. The van der Waals surface area contributed by atoms with E-state index in [1.54, 1.807) is 6.07 Å². The van der Waals surface area contributed by atoms with Crippen LogP contribution in [0.5, 0.6) is 0 Å². The van der Waals surface area contributed by atoms with Gasteiger partial charge in [0.1, 0.15) is 0 Å². The fraction of sp³-hybridized carbons (Fsp3) is 0.417. The number of hydrogen-bond donors (Lipinski definition) is 2. The Kier molecular flexibility index (Phi) is 7.44. The van der Waals surface area contributed by atoms with Crippen LogP contribution < -0.4 is 15.5 Å². The van der Waals surface area contributed by atoms with Crippen LogP contribution in [0.4, 0.5) is 11.4 Å². The highest BCUT2D eigenvalue weighted by Gasteiger charge is 2.24. The Hall–Kier alpha value is -2.91. The molecule has 3 rings (SSSR count). The average Bonchev–Trinajstić information content (AvgIpc) is 2.74. The van der Waals surface area contributed by atoms with Crippen molar-refractivity contribution in [3.63, 3.8) is 0 Å². The summed E-state index contributed by atoms with van der Waals surface area (Å²) in [6, 6.07) is 10.3. The van der Waals surface area contributed by atoms with Crippen molar-refractivity contribution in [1.29, 1.82) is 0 Å². The lowest BCUT2D eigenvalue weighted by molar-refractivity contribution is -0.115. The molecule has 2 N–H and O–H groups in total. The molecule has 178 valence electrons. The van der Waals surface area contributed by atoms with E-state index in [0.29, 0.717) is 17.8 Å². The van der Waals surface area contributed by atoms with Gasteiger partial charge in [-0.25, -0.2) is 12.7 Å². The number of nitrogens with one attached hydrogen (secondary N) is 2. The topological polar surface area (TPSA) is 98.8 Å². The Morgan fingerprint density at radius 2 is 1.88 bits per heavy atom. The highest BCUT2D eigenvalue weighted by Crippen LogP contribution is 2.30. The number of rotatable bonds is 7. The number of amides is 2. The van der Waals surface area contributed by atoms with Crippen molar-refractivity contribution in [2.75, 3.05) is 37.4 Å². The predicted octanol–water partition coefficient (Wildman–Crippen LogP) is 2.77. The molecule has 0 aromatic heterocycles. The number of benzene rings is 2. The lowest BCUT2D eigenvalue weighted by atomic mass is 9.95. The number of anilines is 2. The van der Waals surface area contributed by atoms with E-state index in [1.807, 2.05) is 43.9 Å². The summed E-state index contributed by atoms with van der Waals surface area (Å²) >= 11 is 0. The number of carbonyl (C=O) groups excluding carboxylic acids is 2. The quantitative estimate of drug-likeness (QED) is 0.646. The Morgan fingerprint density at radius 3 is 2.55 bits per heavy atom. The molecule has 0 saturated carbocycles. The standard InChI is InChI=1S/C24H32N4O4S/c1-16(2)25-24(30)20-8-6-10-22-19(20)9-7-13-28(22)15-23(29)26-21-14-18(12-11-17(21)3)33(31,32)27(4)5/h6,8,10-12,14,16H,7,9,13,15H2,1-5H3,(H,25,30)(H,26,29). The zero-order chi connectivity index (χ0) is 24.3. The molecular weight excluding hydrogens is 440 g/mol. The summed E-state index contributed by atoms with van der Waals surface area (Å²) in [5, 5.41) is 5.80. The van der Waals surface area contributed by atoms with Crippen LogP contribution in [0.2, 0.25) is 0 Å². The smallest absolute Gasteiger partial charge is 0.251 e. The fourth-order valence-corrected chi connectivity index (χ4v) is 4.82. The number of hydrogen-bond acceptors (Lipinski definition) is 5. The van der Waals surface area contributed by atoms with E-state index < -0.39 is 10.0 Å². The van der Waals surface area contributed by atoms with Crippen LogP contribution in [0.3, 0.4) is 0 Å². The summed E-state index contributed by atoms with van der Waals surface area (Å²) in [5.74, 6) is -0.356. The second-order valence-electron chi connectivity index (χ2n) is 8.77. The molecule has 0 saturated heterocycles. The van der Waals surface area contributed by atoms with Gasteiger partial charge in [-0.1, -0.05) is 12.1 Å². The van der Waals surface area contributed by atoms with Gasteiger partial charge in [-0.3, -0.25) is 9.59 Å². The first-order valence-corrected chi connectivity index (χ1v) is 12.5. The summed E-state index contributed by atoms with van der Waals surface area (Å²) < 4.78 is 26.1. The zero-order valence-electron chi connectivity index (χ0n) is 19.8. The fourth-order valence-electron chi connectivity index (χ4n) is 3.89. The molecule has 1 aliphatic heterocycles. The second-order valence-corrected chi connectivity index (χ2v) is 10.9.